The Kier molecular flexibility index (Phi) is 5.29. The van der Waals surface area contributed by atoms with Crippen LogP contribution in [0.4, 0.5) is 5.69 Å². The fourth-order valence-electron chi connectivity index (χ4n) is 3.38. The summed E-state index contributed by atoms with van der Waals surface area (Å²) in [5, 5.41) is 3.07. The van der Waals surface area contributed by atoms with E-state index in [0.717, 1.165) is 40.6 Å². The molecule has 2 aromatic heterocycles. The van der Waals surface area contributed by atoms with Gasteiger partial charge in [0, 0.05) is 36.5 Å². The lowest BCUT2D eigenvalue weighted by Gasteiger charge is -2.33. The number of nitrogens with one attached hydrogen (secondary N) is 1. The molecule has 1 aliphatic rings. The Bertz CT molecular complexity index is 947. The number of anilines is 1. The Hall–Kier alpha value is -2.54. The van der Waals surface area contributed by atoms with E-state index in [1.807, 2.05) is 36.5 Å². The highest BCUT2D eigenvalue weighted by Crippen LogP contribution is 2.24. The van der Waals surface area contributed by atoms with Crippen LogP contribution in [0.25, 0.3) is 11.2 Å². The molecule has 27 heavy (non-hydrogen) atoms. The van der Waals surface area contributed by atoms with E-state index in [9.17, 15) is 4.79 Å². The number of carbonyl (C=O) groups excluding carboxylic acids is 1. The smallest absolute Gasteiger partial charge is 0.225 e. The second-order valence-electron chi connectivity index (χ2n) is 6.72. The zero-order valence-electron chi connectivity index (χ0n) is 14.8. The van der Waals surface area contributed by atoms with Gasteiger partial charge in [0.15, 0.2) is 5.65 Å². The summed E-state index contributed by atoms with van der Waals surface area (Å²) in [6, 6.07) is 10.00. The number of hydrogen-bond donors (Lipinski definition) is 1. The van der Waals surface area contributed by atoms with Gasteiger partial charge in [-0.15, -0.1) is 0 Å². The van der Waals surface area contributed by atoms with Crippen molar-refractivity contribution in [1.82, 2.24) is 20.3 Å². The lowest BCUT2D eigenvalue weighted by atomic mass is 9.96. The second-order valence-corrected chi connectivity index (χ2v) is 7.64. The zero-order valence-corrected chi connectivity index (χ0v) is 16.4. The predicted molar refractivity (Wildman–Crippen MR) is 108 cm³/mol. The van der Waals surface area contributed by atoms with Crippen LogP contribution >= 0.6 is 15.9 Å². The molecule has 0 aliphatic carbocycles. The molecule has 0 radical (unpaired) electrons. The first-order valence-corrected chi connectivity index (χ1v) is 9.82. The van der Waals surface area contributed by atoms with Gasteiger partial charge >= 0.3 is 0 Å². The number of amides is 1. The Labute approximate surface area is 166 Å². The molecule has 1 N–H and O–H groups in total. The molecule has 3 heterocycles. The van der Waals surface area contributed by atoms with Crippen LogP contribution < -0.4 is 10.2 Å². The number of fused-ring (bicyclic) bond motifs is 1. The average molecular weight is 426 g/mol. The number of nitrogens with zero attached hydrogens (tertiary/aromatic N) is 4. The number of halogens is 1. The van der Waals surface area contributed by atoms with Crippen LogP contribution in [0.2, 0.25) is 0 Å². The van der Waals surface area contributed by atoms with Gasteiger partial charge in [0.1, 0.15) is 5.52 Å². The van der Waals surface area contributed by atoms with E-state index in [1.54, 1.807) is 12.4 Å². The molecule has 4 rings (SSSR count). The van der Waals surface area contributed by atoms with E-state index in [1.165, 1.54) is 0 Å². The van der Waals surface area contributed by atoms with Gasteiger partial charge in [-0.05, 0) is 36.6 Å². The minimum atomic E-state index is -0.0215. The molecule has 1 aromatic carbocycles. The molecule has 0 spiro atoms. The fourth-order valence-corrected chi connectivity index (χ4v) is 3.65. The topological polar surface area (TPSA) is 71.0 Å². The quantitative estimate of drug-likeness (QED) is 0.693. The molecule has 6 nitrogen and oxygen atoms in total. The maximum Gasteiger partial charge on any atom is 0.225 e. The highest BCUT2D eigenvalue weighted by Gasteiger charge is 2.26. The molecule has 0 saturated carbocycles. The van der Waals surface area contributed by atoms with Gasteiger partial charge < -0.3 is 10.2 Å². The van der Waals surface area contributed by atoms with E-state index in [4.69, 9.17) is 0 Å². The molecule has 1 amide bonds. The largest absolute Gasteiger partial charge is 0.369 e. The van der Waals surface area contributed by atoms with Crippen LogP contribution in [0.5, 0.6) is 0 Å². The van der Waals surface area contributed by atoms with Crippen molar-refractivity contribution < 1.29 is 4.79 Å². The summed E-state index contributed by atoms with van der Waals surface area (Å²) in [5.74, 6) is 0.0860. The second kappa shape index (κ2) is 8.00. The molecule has 1 unspecified atom stereocenters. The minimum absolute atomic E-state index is 0.0215. The fraction of sp³-hybridized carbons (Fsp3) is 0.300. The van der Waals surface area contributed by atoms with Crippen molar-refractivity contribution in [2.24, 2.45) is 5.92 Å². The summed E-state index contributed by atoms with van der Waals surface area (Å²) in [6.07, 6.45) is 7.02. The molecule has 1 fully saturated rings. The number of carbonyl (C=O) groups is 1. The zero-order chi connectivity index (χ0) is 18.6. The van der Waals surface area contributed by atoms with Crippen molar-refractivity contribution in [3.8, 4) is 0 Å². The van der Waals surface area contributed by atoms with Crippen molar-refractivity contribution in [2.45, 2.75) is 19.4 Å². The number of rotatable bonds is 4. The van der Waals surface area contributed by atoms with Crippen molar-refractivity contribution in [2.75, 3.05) is 18.0 Å². The van der Waals surface area contributed by atoms with Crippen molar-refractivity contribution >= 4 is 38.7 Å². The maximum absolute atomic E-state index is 12.6. The normalized spacial score (nSPS) is 17.1. The summed E-state index contributed by atoms with van der Waals surface area (Å²) in [5.41, 5.74) is 3.50. The van der Waals surface area contributed by atoms with Crippen molar-refractivity contribution in [3.05, 3.63) is 59.0 Å². The van der Waals surface area contributed by atoms with Crippen LogP contribution in [0.3, 0.4) is 0 Å². The summed E-state index contributed by atoms with van der Waals surface area (Å²) in [6.45, 7) is 2.17. The standard InChI is InChI=1S/C20H20BrN5O/c21-16-5-3-14(4-6-16)11-25-20(27)15-2-1-9-26(13-15)17-10-18-19(24-12-17)23-8-7-22-18/h3-8,10,12,15H,1-2,9,11,13H2,(H,25,27). The number of benzene rings is 1. The van der Waals surface area contributed by atoms with Crippen LogP contribution in [0.15, 0.2) is 53.4 Å². The lowest BCUT2D eigenvalue weighted by molar-refractivity contribution is -0.125. The first-order valence-electron chi connectivity index (χ1n) is 9.03. The summed E-state index contributed by atoms with van der Waals surface area (Å²) in [4.78, 5) is 27.8. The highest BCUT2D eigenvalue weighted by atomic mass is 79.9. The monoisotopic (exact) mass is 425 g/mol. The van der Waals surface area contributed by atoms with Gasteiger partial charge in [-0.1, -0.05) is 28.1 Å². The average Bonchev–Trinajstić information content (AvgIpc) is 2.73. The Balaban J connectivity index is 1.40. The third-order valence-corrected chi connectivity index (χ3v) is 5.38. The SMILES string of the molecule is O=C(NCc1ccc(Br)cc1)C1CCCN(c2cnc3nccnc3c2)C1. The molecular formula is C20H20BrN5O. The van der Waals surface area contributed by atoms with Crippen molar-refractivity contribution in [1.29, 1.82) is 0 Å². The van der Waals surface area contributed by atoms with Gasteiger partial charge in [0.25, 0.3) is 0 Å². The first-order chi connectivity index (χ1) is 13.2. The molecule has 7 heteroatoms. The van der Waals surface area contributed by atoms with E-state index < -0.39 is 0 Å². The van der Waals surface area contributed by atoms with Gasteiger partial charge in [-0.3, -0.25) is 9.78 Å². The Morgan fingerprint density at radius 3 is 2.85 bits per heavy atom. The lowest BCUT2D eigenvalue weighted by Crippen LogP contribution is -2.43. The maximum atomic E-state index is 12.6. The minimum Gasteiger partial charge on any atom is -0.369 e. The molecule has 1 aliphatic heterocycles. The van der Waals surface area contributed by atoms with Gasteiger partial charge in [0.2, 0.25) is 5.91 Å². The number of aromatic nitrogens is 3. The molecule has 0 bridgehead atoms. The molecule has 1 saturated heterocycles. The molecular weight excluding hydrogens is 406 g/mol. The summed E-state index contributed by atoms with van der Waals surface area (Å²) >= 11 is 3.43. The number of pyridine rings is 1. The van der Waals surface area contributed by atoms with E-state index in [-0.39, 0.29) is 11.8 Å². The Morgan fingerprint density at radius 1 is 1.19 bits per heavy atom. The third-order valence-electron chi connectivity index (χ3n) is 4.85. The van der Waals surface area contributed by atoms with Gasteiger partial charge in [-0.2, -0.15) is 0 Å². The molecule has 3 aromatic rings. The number of piperidine rings is 1. The summed E-state index contributed by atoms with van der Waals surface area (Å²) < 4.78 is 1.04. The molecule has 1 atom stereocenters. The summed E-state index contributed by atoms with van der Waals surface area (Å²) in [7, 11) is 0. The van der Waals surface area contributed by atoms with Gasteiger partial charge in [-0.25, -0.2) is 9.97 Å². The Morgan fingerprint density at radius 2 is 2.00 bits per heavy atom. The first kappa shape index (κ1) is 17.9. The van der Waals surface area contributed by atoms with Crippen LogP contribution in [0.1, 0.15) is 18.4 Å². The van der Waals surface area contributed by atoms with E-state index in [2.05, 4.69) is 41.1 Å². The van der Waals surface area contributed by atoms with Gasteiger partial charge in [0.05, 0.1) is 17.8 Å². The van der Waals surface area contributed by atoms with Crippen LogP contribution in [0, 0.1) is 5.92 Å². The van der Waals surface area contributed by atoms with Crippen molar-refractivity contribution in [3.63, 3.8) is 0 Å². The third kappa shape index (κ3) is 4.24. The van der Waals surface area contributed by atoms with Crippen LogP contribution in [-0.4, -0.2) is 33.9 Å². The van der Waals surface area contributed by atoms with E-state index >= 15 is 0 Å². The van der Waals surface area contributed by atoms with E-state index in [0.29, 0.717) is 18.7 Å². The van der Waals surface area contributed by atoms with Crippen LogP contribution in [-0.2, 0) is 11.3 Å². The molecule has 138 valence electrons. The predicted octanol–water partition coefficient (Wildman–Crippen LogP) is 3.32. The number of hydrogen-bond acceptors (Lipinski definition) is 5. The highest BCUT2D eigenvalue weighted by molar-refractivity contribution is 9.10.